The summed E-state index contributed by atoms with van der Waals surface area (Å²) in [6, 6.07) is 0. The Morgan fingerprint density at radius 2 is 1.96 bits per heavy atom. The number of nitrogens with zero attached hydrogens (tertiary/aromatic N) is 4. The van der Waals surface area contributed by atoms with Crippen LogP contribution in [0, 0.1) is 0 Å². The number of aromatic nitrogens is 4. The summed E-state index contributed by atoms with van der Waals surface area (Å²) < 4.78 is 11.0. The van der Waals surface area contributed by atoms with Crippen molar-refractivity contribution in [3.63, 3.8) is 0 Å². The van der Waals surface area contributed by atoms with Crippen LogP contribution in [0.3, 0.4) is 0 Å². The van der Waals surface area contributed by atoms with Gasteiger partial charge in [0.2, 0.25) is 0 Å². The van der Waals surface area contributed by atoms with Crippen molar-refractivity contribution in [2.45, 2.75) is 70.2 Å². The molecule has 8 nitrogen and oxygen atoms in total. The van der Waals surface area contributed by atoms with Gasteiger partial charge in [0.25, 0.3) is 5.89 Å². The van der Waals surface area contributed by atoms with E-state index >= 15 is 0 Å². The Bertz CT molecular complexity index is 780. The van der Waals surface area contributed by atoms with Crippen LogP contribution in [0.15, 0.2) is 4.52 Å². The summed E-state index contributed by atoms with van der Waals surface area (Å²) in [7, 11) is 0. The van der Waals surface area contributed by atoms with Crippen LogP contribution >= 0.6 is 0 Å². The minimum atomic E-state index is -0.0438. The normalized spacial score (nSPS) is 22.8. The van der Waals surface area contributed by atoms with Crippen LogP contribution in [0.1, 0.15) is 79.3 Å². The van der Waals surface area contributed by atoms with Crippen molar-refractivity contribution in [3.05, 3.63) is 28.8 Å². The quantitative estimate of drug-likeness (QED) is 0.843. The molecule has 2 aliphatic heterocycles. The Morgan fingerprint density at radius 3 is 2.81 bits per heavy atom. The van der Waals surface area contributed by atoms with E-state index in [1.54, 1.807) is 0 Å². The van der Waals surface area contributed by atoms with E-state index in [1.807, 2.05) is 0 Å². The summed E-state index contributed by atoms with van der Waals surface area (Å²) >= 11 is 0. The SMILES string of the molecule is C1CCC(c2nc3c(c(NCc4noc(C5CCCO5)n4)n2)CNC3)C1. The third-order valence-electron chi connectivity index (χ3n) is 5.53. The number of hydrogen-bond donors (Lipinski definition) is 2. The molecule has 0 spiro atoms. The van der Waals surface area contributed by atoms with Crippen molar-refractivity contribution in [1.82, 2.24) is 25.4 Å². The molecule has 0 amide bonds. The van der Waals surface area contributed by atoms with Gasteiger partial charge in [0.05, 0.1) is 12.2 Å². The minimum absolute atomic E-state index is 0.0438. The molecular formula is C18H24N6O2. The van der Waals surface area contributed by atoms with Gasteiger partial charge >= 0.3 is 0 Å². The van der Waals surface area contributed by atoms with Gasteiger partial charge in [-0.15, -0.1) is 0 Å². The van der Waals surface area contributed by atoms with E-state index < -0.39 is 0 Å². The second-order valence-electron chi connectivity index (χ2n) is 7.34. The van der Waals surface area contributed by atoms with E-state index in [4.69, 9.17) is 19.2 Å². The number of anilines is 1. The van der Waals surface area contributed by atoms with E-state index in [1.165, 1.54) is 25.7 Å². The molecule has 26 heavy (non-hydrogen) atoms. The van der Waals surface area contributed by atoms with Gasteiger partial charge in [0.15, 0.2) is 5.82 Å². The molecule has 8 heteroatoms. The average molecular weight is 356 g/mol. The zero-order valence-corrected chi connectivity index (χ0v) is 14.8. The van der Waals surface area contributed by atoms with Gasteiger partial charge in [-0.2, -0.15) is 4.98 Å². The topological polar surface area (TPSA) is 98.0 Å². The maximum Gasteiger partial charge on any atom is 0.255 e. The standard InChI is InChI=1S/C18H24N6O2/c1-2-5-11(4-1)16-21-13-9-19-8-12(13)17(23-16)20-10-15-22-18(26-24-15)14-6-3-7-25-14/h11,14,19H,1-10H2,(H,20,21,23). The average Bonchev–Trinajstić information content (AvgIpc) is 3.47. The van der Waals surface area contributed by atoms with Crippen LogP contribution in [0.2, 0.25) is 0 Å². The number of hydrogen-bond acceptors (Lipinski definition) is 8. The summed E-state index contributed by atoms with van der Waals surface area (Å²) in [5.74, 6) is 3.61. The van der Waals surface area contributed by atoms with Crippen molar-refractivity contribution in [2.24, 2.45) is 0 Å². The van der Waals surface area contributed by atoms with Gasteiger partial charge in [-0.3, -0.25) is 0 Å². The monoisotopic (exact) mass is 356 g/mol. The number of ether oxygens (including phenoxy) is 1. The van der Waals surface area contributed by atoms with Gasteiger partial charge in [-0.1, -0.05) is 18.0 Å². The highest BCUT2D eigenvalue weighted by Gasteiger charge is 2.26. The fourth-order valence-electron chi connectivity index (χ4n) is 4.11. The van der Waals surface area contributed by atoms with Gasteiger partial charge in [0, 0.05) is 31.2 Å². The van der Waals surface area contributed by atoms with Crippen LogP contribution in [0.25, 0.3) is 0 Å². The van der Waals surface area contributed by atoms with E-state index in [0.717, 1.165) is 55.4 Å². The maximum absolute atomic E-state index is 5.60. The van der Waals surface area contributed by atoms with Crippen LogP contribution in [0.4, 0.5) is 5.82 Å². The number of nitrogens with one attached hydrogen (secondary N) is 2. The Kier molecular flexibility index (Phi) is 4.30. The first-order valence-electron chi connectivity index (χ1n) is 9.65. The summed E-state index contributed by atoms with van der Waals surface area (Å²) in [6.07, 6.45) is 6.90. The van der Waals surface area contributed by atoms with E-state index in [9.17, 15) is 0 Å². The van der Waals surface area contributed by atoms with Gasteiger partial charge in [-0.05, 0) is 25.7 Å². The minimum Gasteiger partial charge on any atom is -0.368 e. The zero-order chi connectivity index (χ0) is 17.3. The fraction of sp³-hybridized carbons (Fsp3) is 0.667. The molecule has 1 atom stereocenters. The third kappa shape index (κ3) is 3.07. The molecule has 1 unspecified atom stereocenters. The predicted molar refractivity (Wildman–Crippen MR) is 93.3 cm³/mol. The number of rotatable bonds is 5. The molecule has 0 radical (unpaired) electrons. The molecule has 2 fully saturated rings. The van der Waals surface area contributed by atoms with Crippen molar-refractivity contribution < 1.29 is 9.26 Å². The highest BCUT2D eigenvalue weighted by molar-refractivity contribution is 5.48. The molecule has 5 rings (SSSR count). The van der Waals surface area contributed by atoms with Crippen LogP contribution in [-0.2, 0) is 24.4 Å². The fourth-order valence-corrected chi connectivity index (χ4v) is 4.11. The molecule has 138 valence electrons. The predicted octanol–water partition coefficient (Wildman–Crippen LogP) is 2.58. The largest absolute Gasteiger partial charge is 0.368 e. The Hall–Kier alpha value is -2.06. The van der Waals surface area contributed by atoms with Crippen molar-refractivity contribution in [2.75, 3.05) is 11.9 Å². The molecule has 1 saturated carbocycles. The zero-order valence-electron chi connectivity index (χ0n) is 14.8. The van der Waals surface area contributed by atoms with Crippen LogP contribution in [0.5, 0.6) is 0 Å². The lowest BCUT2D eigenvalue weighted by atomic mass is 10.1. The van der Waals surface area contributed by atoms with Crippen molar-refractivity contribution >= 4 is 5.82 Å². The lowest BCUT2D eigenvalue weighted by Gasteiger charge is -2.13. The summed E-state index contributed by atoms with van der Waals surface area (Å²) in [4.78, 5) is 14.2. The highest BCUT2D eigenvalue weighted by atomic mass is 16.5. The van der Waals surface area contributed by atoms with Crippen LogP contribution < -0.4 is 10.6 Å². The molecule has 0 aromatic carbocycles. The first-order chi connectivity index (χ1) is 12.9. The summed E-state index contributed by atoms with van der Waals surface area (Å²) in [6.45, 7) is 2.88. The third-order valence-corrected chi connectivity index (χ3v) is 5.53. The molecular weight excluding hydrogens is 332 g/mol. The van der Waals surface area contributed by atoms with Crippen molar-refractivity contribution in [1.29, 1.82) is 0 Å². The maximum atomic E-state index is 5.60. The van der Waals surface area contributed by atoms with Gasteiger partial charge in [0.1, 0.15) is 17.7 Å². The summed E-state index contributed by atoms with van der Waals surface area (Å²) in [5, 5.41) is 10.9. The molecule has 2 aromatic rings. The first kappa shape index (κ1) is 16.1. The molecule has 2 aromatic heterocycles. The van der Waals surface area contributed by atoms with Gasteiger partial charge in [-0.25, -0.2) is 9.97 Å². The molecule has 3 aliphatic rings. The van der Waals surface area contributed by atoms with Crippen LogP contribution in [-0.4, -0.2) is 26.7 Å². The van der Waals surface area contributed by atoms with E-state index in [-0.39, 0.29) is 6.10 Å². The van der Waals surface area contributed by atoms with Gasteiger partial charge < -0.3 is 19.9 Å². The summed E-state index contributed by atoms with van der Waals surface area (Å²) in [5.41, 5.74) is 2.28. The van der Waals surface area contributed by atoms with E-state index in [2.05, 4.69) is 20.8 Å². The highest BCUT2D eigenvalue weighted by Crippen LogP contribution is 2.34. The smallest absolute Gasteiger partial charge is 0.255 e. The molecule has 2 N–H and O–H groups in total. The second-order valence-corrected chi connectivity index (χ2v) is 7.34. The molecule has 4 heterocycles. The molecule has 1 aliphatic carbocycles. The first-order valence-corrected chi connectivity index (χ1v) is 9.65. The Balaban J connectivity index is 1.33. The number of fused-ring (bicyclic) bond motifs is 1. The second kappa shape index (κ2) is 6.92. The lowest BCUT2D eigenvalue weighted by Crippen LogP contribution is -2.11. The molecule has 0 bridgehead atoms. The lowest BCUT2D eigenvalue weighted by molar-refractivity contribution is 0.0835. The van der Waals surface area contributed by atoms with Crippen molar-refractivity contribution in [3.8, 4) is 0 Å². The molecule has 1 saturated heterocycles. The van der Waals surface area contributed by atoms with E-state index in [0.29, 0.717) is 24.2 Å². The Morgan fingerprint density at radius 1 is 1.04 bits per heavy atom. The Labute approximate surface area is 152 Å².